The van der Waals surface area contributed by atoms with Crippen LogP contribution >= 0.6 is 0 Å². The van der Waals surface area contributed by atoms with Crippen molar-refractivity contribution in [1.29, 1.82) is 0 Å². The fourth-order valence-corrected chi connectivity index (χ4v) is 1.80. The number of rotatable bonds is 4. The number of nitrogens with one attached hydrogen (secondary N) is 2. The molecule has 94 valence electrons. The number of sulfone groups is 1. The summed E-state index contributed by atoms with van der Waals surface area (Å²) in [6, 6.07) is -0.157. The van der Waals surface area contributed by atoms with Gasteiger partial charge in [-0.15, -0.1) is 0 Å². The second-order valence-corrected chi connectivity index (χ2v) is 7.55. The van der Waals surface area contributed by atoms with E-state index in [9.17, 15) is 13.2 Å². The molecule has 5 nitrogen and oxygen atoms in total. The summed E-state index contributed by atoms with van der Waals surface area (Å²) in [5, 5.41) is 5.76. The third-order valence-electron chi connectivity index (χ3n) is 3.07. The lowest BCUT2D eigenvalue weighted by atomic mass is 10.2. The number of carbonyl (C=O) groups is 1. The maximum Gasteiger partial charge on any atom is 0.237 e. The van der Waals surface area contributed by atoms with Gasteiger partial charge in [0.15, 0.2) is 9.84 Å². The van der Waals surface area contributed by atoms with Gasteiger partial charge in [-0.3, -0.25) is 4.79 Å². The van der Waals surface area contributed by atoms with Crippen LogP contribution in [-0.4, -0.2) is 44.5 Å². The highest BCUT2D eigenvalue weighted by Gasteiger charge is 2.31. The zero-order valence-electron chi connectivity index (χ0n) is 10.0. The van der Waals surface area contributed by atoms with Crippen molar-refractivity contribution in [2.45, 2.75) is 37.5 Å². The number of hydrogen-bond donors (Lipinski definition) is 2. The van der Waals surface area contributed by atoms with E-state index in [1.807, 2.05) is 0 Å². The van der Waals surface area contributed by atoms with E-state index in [4.69, 9.17) is 0 Å². The average molecular weight is 248 g/mol. The minimum absolute atomic E-state index is 0.103. The Hall–Kier alpha value is -0.620. The molecule has 0 aromatic heterocycles. The molecule has 0 saturated carbocycles. The van der Waals surface area contributed by atoms with Gasteiger partial charge in [0.25, 0.3) is 0 Å². The monoisotopic (exact) mass is 248 g/mol. The van der Waals surface area contributed by atoms with Crippen LogP contribution in [0.4, 0.5) is 0 Å². The topological polar surface area (TPSA) is 75.3 Å². The number of carbonyl (C=O) groups excluding carboxylic acids is 1. The largest absolute Gasteiger partial charge is 0.353 e. The lowest BCUT2D eigenvalue weighted by molar-refractivity contribution is -0.122. The van der Waals surface area contributed by atoms with Gasteiger partial charge in [0.1, 0.15) is 0 Å². The molecule has 2 N–H and O–H groups in total. The van der Waals surface area contributed by atoms with Gasteiger partial charge in [0.05, 0.1) is 10.8 Å². The first-order valence-electron chi connectivity index (χ1n) is 5.45. The highest BCUT2D eigenvalue weighted by atomic mass is 32.2. The molecule has 0 radical (unpaired) electrons. The molecule has 1 aliphatic rings. The molecule has 16 heavy (non-hydrogen) atoms. The van der Waals surface area contributed by atoms with E-state index in [-0.39, 0.29) is 18.5 Å². The van der Waals surface area contributed by atoms with Crippen LogP contribution in [0.2, 0.25) is 0 Å². The predicted molar refractivity (Wildman–Crippen MR) is 63.0 cm³/mol. The van der Waals surface area contributed by atoms with Gasteiger partial charge in [-0.05, 0) is 33.2 Å². The predicted octanol–water partition coefficient (Wildman–Crippen LogP) is -0.322. The molecule has 1 amide bonds. The van der Waals surface area contributed by atoms with Gasteiger partial charge in [-0.2, -0.15) is 0 Å². The van der Waals surface area contributed by atoms with Crippen LogP contribution in [0.1, 0.15) is 26.7 Å². The Morgan fingerprint density at radius 2 is 2.12 bits per heavy atom. The van der Waals surface area contributed by atoms with Crippen LogP contribution in [0.3, 0.4) is 0 Å². The van der Waals surface area contributed by atoms with E-state index in [0.29, 0.717) is 0 Å². The van der Waals surface area contributed by atoms with Gasteiger partial charge in [-0.25, -0.2) is 8.42 Å². The third kappa shape index (κ3) is 3.18. The summed E-state index contributed by atoms with van der Waals surface area (Å²) >= 11 is 0. The van der Waals surface area contributed by atoms with E-state index in [1.54, 1.807) is 13.8 Å². The summed E-state index contributed by atoms with van der Waals surface area (Å²) in [7, 11) is -3.16. The van der Waals surface area contributed by atoms with Crippen molar-refractivity contribution in [3.05, 3.63) is 0 Å². The molecule has 0 aromatic rings. The molecule has 1 heterocycles. The minimum Gasteiger partial charge on any atom is -0.353 e. The summed E-state index contributed by atoms with van der Waals surface area (Å²) in [5.41, 5.74) is 0. The van der Waals surface area contributed by atoms with E-state index < -0.39 is 14.6 Å². The molecule has 1 aliphatic heterocycles. The minimum atomic E-state index is -3.16. The number of amides is 1. The zero-order chi connectivity index (χ0) is 12.4. The highest BCUT2D eigenvalue weighted by molar-refractivity contribution is 7.92. The Kier molecular flexibility index (Phi) is 3.96. The molecule has 1 rings (SSSR count). The van der Waals surface area contributed by atoms with E-state index in [1.165, 1.54) is 6.26 Å². The Morgan fingerprint density at radius 1 is 1.50 bits per heavy atom. The highest BCUT2D eigenvalue weighted by Crippen LogP contribution is 2.14. The lowest BCUT2D eigenvalue weighted by Crippen LogP contribution is -2.48. The normalized spacial score (nSPS) is 22.1. The van der Waals surface area contributed by atoms with Crippen molar-refractivity contribution < 1.29 is 13.2 Å². The Labute approximate surface area is 96.9 Å². The van der Waals surface area contributed by atoms with Crippen LogP contribution in [-0.2, 0) is 14.6 Å². The molecule has 0 unspecified atom stereocenters. The van der Waals surface area contributed by atoms with Crippen LogP contribution in [0.15, 0.2) is 0 Å². The van der Waals surface area contributed by atoms with E-state index in [0.717, 1.165) is 19.4 Å². The maximum atomic E-state index is 11.7. The second kappa shape index (κ2) is 4.71. The van der Waals surface area contributed by atoms with Crippen LogP contribution in [0.5, 0.6) is 0 Å². The van der Waals surface area contributed by atoms with Crippen molar-refractivity contribution >= 4 is 15.7 Å². The van der Waals surface area contributed by atoms with Gasteiger partial charge in [0, 0.05) is 12.8 Å². The smallest absolute Gasteiger partial charge is 0.237 e. The average Bonchev–Trinajstić information content (AvgIpc) is 2.65. The molecular formula is C10H20N2O3S. The van der Waals surface area contributed by atoms with Crippen molar-refractivity contribution in [1.82, 2.24) is 10.6 Å². The molecule has 0 spiro atoms. The maximum absolute atomic E-state index is 11.7. The molecule has 0 aliphatic carbocycles. The SMILES string of the molecule is CC(C)(CNC(=O)[C@H]1CCCN1)S(C)(=O)=O. The summed E-state index contributed by atoms with van der Waals surface area (Å²) in [4.78, 5) is 11.7. The Bertz CT molecular complexity index is 356. The molecular weight excluding hydrogens is 228 g/mol. The fourth-order valence-electron chi connectivity index (χ4n) is 1.46. The Balaban J connectivity index is 2.48. The summed E-state index contributed by atoms with van der Waals surface area (Å²) in [6.07, 6.45) is 3.01. The van der Waals surface area contributed by atoms with Crippen molar-refractivity contribution in [2.75, 3.05) is 19.3 Å². The summed E-state index contributed by atoms with van der Waals surface area (Å²) in [6.45, 7) is 4.24. The standard InChI is InChI=1S/C10H20N2O3S/c1-10(2,16(3,14)15)7-12-9(13)8-5-4-6-11-8/h8,11H,4-7H2,1-3H3,(H,12,13)/t8-/m1/s1. The quantitative estimate of drug-likeness (QED) is 0.715. The van der Waals surface area contributed by atoms with Crippen LogP contribution < -0.4 is 10.6 Å². The van der Waals surface area contributed by atoms with Crippen molar-refractivity contribution in [3.8, 4) is 0 Å². The van der Waals surface area contributed by atoms with Gasteiger partial charge in [0.2, 0.25) is 5.91 Å². The van der Waals surface area contributed by atoms with E-state index in [2.05, 4.69) is 10.6 Å². The molecule has 1 fully saturated rings. The third-order valence-corrected chi connectivity index (χ3v) is 5.22. The zero-order valence-corrected chi connectivity index (χ0v) is 10.9. The Morgan fingerprint density at radius 3 is 2.56 bits per heavy atom. The fraction of sp³-hybridized carbons (Fsp3) is 0.900. The summed E-state index contributed by atoms with van der Waals surface area (Å²) in [5.74, 6) is -0.103. The molecule has 1 atom stereocenters. The first-order valence-corrected chi connectivity index (χ1v) is 7.34. The van der Waals surface area contributed by atoms with Crippen molar-refractivity contribution in [3.63, 3.8) is 0 Å². The second-order valence-electron chi connectivity index (χ2n) is 4.90. The van der Waals surface area contributed by atoms with Crippen LogP contribution in [0.25, 0.3) is 0 Å². The van der Waals surface area contributed by atoms with Gasteiger partial charge >= 0.3 is 0 Å². The van der Waals surface area contributed by atoms with Crippen LogP contribution in [0, 0.1) is 0 Å². The lowest BCUT2D eigenvalue weighted by Gasteiger charge is -2.23. The molecule has 1 saturated heterocycles. The first kappa shape index (κ1) is 13.4. The molecule has 0 aromatic carbocycles. The summed E-state index contributed by atoms with van der Waals surface area (Å²) < 4.78 is 21.9. The van der Waals surface area contributed by atoms with E-state index >= 15 is 0 Å². The molecule has 0 bridgehead atoms. The number of hydrogen-bond acceptors (Lipinski definition) is 4. The first-order chi connectivity index (χ1) is 7.24. The van der Waals surface area contributed by atoms with Crippen molar-refractivity contribution in [2.24, 2.45) is 0 Å². The van der Waals surface area contributed by atoms with Gasteiger partial charge < -0.3 is 10.6 Å². The van der Waals surface area contributed by atoms with Gasteiger partial charge in [-0.1, -0.05) is 0 Å². The molecule has 6 heteroatoms.